The van der Waals surface area contributed by atoms with Gasteiger partial charge in [-0.1, -0.05) is 13.8 Å². The monoisotopic (exact) mass is 200 g/mol. The molecule has 0 aromatic rings. The summed E-state index contributed by atoms with van der Waals surface area (Å²) in [5.41, 5.74) is 6.19. The number of nitrogens with zero attached hydrogens (tertiary/aromatic N) is 1. The maximum atomic E-state index is 5.69. The first kappa shape index (κ1) is 13.9. The topological polar surface area (TPSA) is 29.3 Å². The van der Waals surface area contributed by atoms with E-state index in [2.05, 4.69) is 46.4 Å². The molecule has 0 radical (unpaired) electrons. The van der Waals surface area contributed by atoms with Crippen molar-refractivity contribution >= 4 is 0 Å². The summed E-state index contributed by atoms with van der Waals surface area (Å²) in [7, 11) is 0. The van der Waals surface area contributed by atoms with Gasteiger partial charge in [-0.15, -0.1) is 0 Å². The van der Waals surface area contributed by atoms with Crippen LogP contribution in [0.15, 0.2) is 0 Å². The van der Waals surface area contributed by atoms with Crippen LogP contribution in [0.5, 0.6) is 0 Å². The highest BCUT2D eigenvalue weighted by atomic mass is 15.2. The molecule has 86 valence electrons. The fraction of sp³-hybridized carbons (Fsp3) is 1.00. The second-order valence-corrected chi connectivity index (χ2v) is 5.27. The normalized spacial score (nSPS) is 13.7. The van der Waals surface area contributed by atoms with Crippen molar-refractivity contribution in [2.75, 3.05) is 13.1 Å². The van der Waals surface area contributed by atoms with Crippen LogP contribution in [-0.4, -0.2) is 29.1 Å². The Hall–Kier alpha value is -0.0800. The second-order valence-electron chi connectivity index (χ2n) is 5.27. The molecule has 0 aliphatic rings. The first-order valence-electron chi connectivity index (χ1n) is 5.79. The van der Waals surface area contributed by atoms with E-state index < -0.39 is 0 Å². The molecule has 0 saturated carbocycles. The predicted octanol–water partition coefficient (Wildman–Crippen LogP) is 2.62. The summed E-state index contributed by atoms with van der Waals surface area (Å²) in [6.07, 6.45) is 2.33. The van der Waals surface area contributed by atoms with E-state index in [9.17, 15) is 0 Å². The van der Waals surface area contributed by atoms with Gasteiger partial charge in [-0.25, -0.2) is 0 Å². The van der Waals surface area contributed by atoms with Crippen molar-refractivity contribution in [2.45, 2.75) is 65.5 Å². The highest BCUT2D eigenvalue weighted by Gasteiger charge is 2.34. The molecular formula is C12H28N2. The molecule has 0 amide bonds. The molecule has 0 fully saturated rings. The Morgan fingerprint density at radius 1 is 0.929 bits per heavy atom. The van der Waals surface area contributed by atoms with Crippen LogP contribution in [-0.2, 0) is 0 Å². The van der Waals surface area contributed by atoms with E-state index in [1.165, 1.54) is 0 Å². The third-order valence-electron chi connectivity index (χ3n) is 3.54. The van der Waals surface area contributed by atoms with Crippen molar-refractivity contribution < 1.29 is 0 Å². The summed E-state index contributed by atoms with van der Waals surface area (Å²) < 4.78 is 0. The zero-order valence-electron chi connectivity index (χ0n) is 10.9. The first-order chi connectivity index (χ1) is 6.31. The maximum Gasteiger partial charge on any atom is 0.0156 e. The van der Waals surface area contributed by atoms with Crippen LogP contribution in [0.25, 0.3) is 0 Å². The van der Waals surface area contributed by atoms with Crippen LogP contribution >= 0.6 is 0 Å². The van der Waals surface area contributed by atoms with Gasteiger partial charge in [-0.05, 0) is 40.5 Å². The molecule has 0 heterocycles. The van der Waals surface area contributed by atoms with Crippen molar-refractivity contribution in [3.05, 3.63) is 0 Å². The van der Waals surface area contributed by atoms with Gasteiger partial charge in [-0.3, -0.25) is 4.90 Å². The molecule has 2 N–H and O–H groups in total. The third-order valence-corrected chi connectivity index (χ3v) is 3.54. The van der Waals surface area contributed by atoms with Gasteiger partial charge in [0.05, 0.1) is 0 Å². The Labute approximate surface area is 89.9 Å². The van der Waals surface area contributed by atoms with Gasteiger partial charge in [0.25, 0.3) is 0 Å². The van der Waals surface area contributed by atoms with Crippen molar-refractivity contribution in [1.29, 1.82) is 0 Å². The van der Waals surface area contributed by atoms with Gasteiger partial charge >= 0.3 is 0 Å². The Morgan fingerprint density at radius 2 is 1.29 bits per heavy atom. The molecule has 0 aromatic heterocycles. The van der Waals surface area contributed by atoms with E-state index in [0.717, 1.165) is 25.9 Å². The van der Waals surface area contributed by atoms with Gasteiger partial charge in [-0.2, -0.15) is 0 Å². The summed E-state index contributed by atoms with van der Waals surface area (Å²) in [6, 6.07) is 0. The molecule has 2 nitrogen and oxygen atoms in total. The zero-order valence-corrected chi connectivity index (χ0v) is 10.9. The molecule has 0 saturated heterocycles. The summed E-state index contributed by atoms with van der Waals surface area (Å²) in [4.78, 5) is 2.54. The van der Waals surface area contributed by atoms with Gasteiger partial charge in [0.2, 0.25) is 0 Å². The minimum atomic E-state index is 0.249. The Balaban J connectivity index is 4.75. The summed E-state index contributed by atoms with van der Waals surface area (Å²) in [5, 5.41) is 0. The average molecular weight is 200 g/mol. The van der Waals surface area contributed by atoms with Gasteiger partial charge in [0.15, 0.2) is 0 Å². The molecule has 0 spiro atoms. The van der Waals surface area contributed by atoms with E-state index in [0.29, 0.717) is 0 Å². The molecule has 0 aromatic carbocycles. The van der Waals surface area contributed by atoms with Crippen molar-refractivity contribution in [1.82, 2.24) is 4.90 Å². The Bertz CT molecular complexity index is 146. The van der Waals surface area contributed by atoms with E-state index in [-0.39, 0.29) is 11.1 Å². The van der Waals surface area contributed by atoms with Crippen molar-refractivity contribution in [3.63, 3.8) is 0 Å². The van der Waals surface area contributed by atoms with Gasteiger partial charge < -0.3 is 5.73 Å². The molecule has 0 aliphatic heterocycles. The fourth-order valence-corrected chi connectivity index (χ4v) is 1.94. The standard InChI is InChI=1S/C12H28N2/c1-7-11(3,4)14(10-9-13)12(5,6)8-2/h7-10,13H2,1-6H3. The zero-order chi connectivity index (χ0) is 11.4. The fourth-order valence-electron chi connectivity index (χ4n) is 1.94. The highest BCUT2D eigenvalue weighted by Crippen LogP contribution is 2.29. The molecule has 0 unspecified atom stereocenters. The van der Waals surface area contributed by atoms with Gasteiger partial charge in [0.1, 0.15) is 0 Å². The maximum absolute atomic E-state index is 5.69. The number of nitrogens with two attached hydrogens (primary N) is 1. The molecule has 14 heavy (non-hydrogen) atoms. The minimum absolute atomic E-state index is 0.249. The third kappa shape index (κ3) is 3.25. The number of rotatable bonds is 6. The van der Waals surface area contributed by atoms with E-state index >= 15 is 0 Å². The Morgan fingerprint density at radius 3 is 1.50 bits per heavy atom. The van der Waals surface area contributed by atoms with E-state index in [1.807, 2.05) is 0 Å². The molecule has 0 aliphatic carbocycles. The van der Waals surface area contributed by atoms with Crippen LogP contribution < -0.4 is 5.73 Å². The highest BCUT2D eigenvalue weighted by molar-refractivity contribution is 4.90. The molecule has 0 atom stereocenters. The molecule has 2 heteroatoms. The lowest BCUT2D eigenvalue weighted by molar-refractivity contribution is 0.0143. The first-order valence-corrected chi connectivity index (χ1v) is 5.79. The quantitative estimate of drug-likeness (QED) is 0.714. The van der Waals surface area contributed by atoms with Crippen LogP contribution in [0.1, 0.15) is 54.4 Å². The Kier molecular flexibility index (Phi) is 5.10. The number of hydrogen-bond donors (Lipinski definition) is 1. The SMILES string of the molecule is CCC(C)(C)N(CCN)C(C)(C)CC. The molecule has 0 rings (SSSR count). The predicted molar refractivity (Wildman–Crippen MR) is 64.5 cm³/mol. The van der Waals surface area contributed by atoms with Crippen LogP contribution in [0.3, 0.4) is 0 Å². The largest absolute Gasteiger partial charge is 0.329 e. The van der Waals surface area contributed by atoms with Crippen LogP contribution in [0, 0.1) is 0 Å². The van der Waals surface area contributed by atoms with Crippen molar-refractivity contribution in [3.8, 4) is 0 Å². The molecular weight excluding hydrogens is 172 g/mol. The van der Waals surface area contributed by atoms with E-state index in [4.69, 9.17) is 5.73 Å². The smallest absolute Gasteiger partial charge is 0.0156 e. The lowest BCUT2D eigenvalue weighted by Gasteiger charge is -2.48. The summed E-state index contributed by atoms with van der Waals surface area (Å²) in [6.45, 7) is 15.4. The summed E-state index contributed by atoms with van der Waals surface area (Å²) in [5.74, 6) is 0. The summed E-state index contributed by atoms with van der Waals surface area (Å²) >= 11 is 0. The van der Waals surface area contributed by atoms with Crippen molar-refractivity contribution in [2.24, 2.45) is 5.73 Å². The van der Waals surface area contributed by atoms with Gasteiger partial charge in [0, 0.05) is 24.2 Å². The van der Waals surface area contributed by atoms with Crippen LogP contribution in [0.4, 0.5) is 0 Å². The number of hydrogen-bond acceptors (Lipinski definition) is 2. The van der Waals surface area contributed by atoms with Crippen LogP contribution in [0.2, 0.25) is 0 Å². The van der Waals surface area contributed by atoms with E-state index in [1.54, 1.807) is 0 Å². The minimum Gasteiger partial charge on any atom is -0.329 e. The second kappa shape index (κ2) is 5.13. The molecule has 0 bridgehead atoms. The average Bonchev–Trinajstić information content (AvgIpc) is 2.13. The lowest BCUT2D eigenvalue weighted by Crippen LogP contribution is -2.56. The lowest BCUT2D eigenvalue weighted by atomic mass is 9.89.